The molecular weight excluding hydrogens is 432 g/mol. The molecular formula is C27H26N2O5. The topological polar surface area (TPSA) is 105 Å². The lowest BCUT2D eigenvalue weighted by atomic mass is 9.94. The van der Waals surface area contributed by atoms with Gasteiger partial charge < -0.3 is 15.2 Å². The van der Waals surface area contributed by atoms with Crippen molar-refractivity contribution < 1.29 is 24.2 Å². The molecule has 3 N–H and O–H groups in total. The Kier molecular flexibility index (Phi) is 6.36. The number of carboxylic acids is 1. The van der Waals surface area contributed by atoms with Gasteiger partial charge in [-0.15, -0.1) is 0 Å². The minimum atomic E-state index is -1.07. The first-order valence-corrected chi connectivity index (χ1v) is 11.0. The lowest BCUT2D eigenvalue weighted by molar-refractivity contribution is -0.146. The molecule has 0 atom stereocenters. The number of aliphatic carboxylic acids is 1. The van der Waals surface area contributed by atoms with E-state index in [2.05, 4.69) is 34.9 Å². The van der Waals surface area contributed by atoms with Gasteiger partial charge in [0.2, 0.25) is 0 Å². The fourth-order valence-electron chi connectivity index (χ4n) is 3.94. The van der Waals surface area contributed by atoms with Gasteiger partial charge in [0.1, 0.15) is 6.61 Å². The van der Waals surface area contributed by atoms with Gasteiger partial charge in [-0.25, -0.2) is 4.79 Å². The molecule has 7 nitrogen and oxygen atoms in total. The van der Waals surface area contributed by atoms with Crippen LogP contribution in [0.5, 0.6) is 0 Å². The summed E-state index contributed by atoms with van der Waals surface area (Å²) in [6.07, 6.45) is -0.581. The molecule has 0 aromatic heterocycles. The molecule has 7 heteroatoms. The van der Waals surface area contributed by atoms with Crippen LogP contribution in [0.15, 0.2) is 72.8 Å². The Morgan fingerprint density at radius 2 is 1.44 bits per heavy atom. The Bertz CT molecular complexity index is 1190. The smallest absolute Gasteiger partial charge is 0.411 e. The molecule has 174 valence electrons. The molecule has 0 spiro atoms. The number of carboxylic acid groups (broad SMARTS) is 1. The van der Waals surface area contributed by atoms with E-state index >= 15 is 0 Å². The van der Waals surface area contributed by atoms with E-state index in [1.807, 2.05) is 24.3 Å². The zero-order valence-electron chi connectivity index (χ0n) is 19.0. The molecule has 0 heterocycles. The summed E-state index contributed by atoms with van der Waals surface area (Å²) in [5.41, 5.74) is 4.37. The van der Waals surface area contributed by atoms with Gasteiger partial charge in [-0.1, -0.05) is 48.5 Å². The Morgan fingerprint density at radius 1 is 0.882 bits per heavy atom. The van der Waals surface area contributed by atoms with E-state index in [1.54, 1.807) is 24.3 Å². The monoisotopic (exact) mass is 458 g/mol. The fourth-order valence-corrected chi connectivity index (χ4v) is 3.94. The second-order valence-corrected chi connectivity index (χ2v) is 8.90. The van der Waals surface area contributed by atoms with Crippen molar-refractivity contribution in [3.8, 4) is 11.1 Å². The van der Waals surface area contributed by atoms with Crippen LogP contribution in [0.2, 0.25) is 0 Å². The summed E-state index contributed by atoms with van der Waals surface area (Å²) >= 11 is 0. The van der Waals surface area contributed by atoms with Crippen molar-refractivity contribution in [1.82, 2.24) is 5.32 Å². The molecule has 0 fully saturated rings. The second kappa shape index (κ2) is 9.39. The first-order valence-electron chi connectivity index (χ1n) is 11.0. The molecule has 0 radical (unpaired) electrons. The van der Waals surface area contributed by atoms with Crippen LogP contribution in [-0.2, 0) is 9.53 Å². The van der Waals surface area contributed by atoms with Crippen molar-refractivity contribution in [2.45, 2.75) is 19.8 Å². The predicted molar refractivity (Wildman–Crippen MR) is 129 cm³/mol. The quantitative estimate of drug-likeness (QED) is 0.468. The van der Waals surface area contributed by atoms with E-state index in [0.717, 1.165) is 22.3 Å². The summed E-state index contributed by atoms with van der Waals surface area (Å²) in [7, 11) is 0. The molecule has 3 aromatic rings. The summed E-state index contributed by atoms with van der Waals surface area (Å²) in [5.74, 6) is -1.41. The summed E-state index contributed by atoms with van der Waals surface area (Å²) in [5, 5.41) is 14.4. The van der Waals surface area contributed by atoms with E-state index in [1.165, 1.54) is 13.8 Å². The van der Waals surface area contributed by atoms with Crippen molar-refractivity contribution in [3.05, 3.63) is 89.5 Å². The standard InChI is InChI=1S/C27H26N2O5/c1-27(2,25(31)32)16-28-24(30)17-11-13-18(14-12-17)29-26(33)34-15-23-21-9-5-3-7-19(21)20-8-4-6-10-22(20)23/h3-14,23H,15-16H2,1-2H3,(H,28,30)(H,29,33)(H,31,32). The van der Waals surface area contributed by atoms with Crippen LogP contribution in [0.3, 0.4) is 0 Å². The van der Waals surface area contributed by atoms with Crippen LogP contribution < -0.4 is 10.6 Å². The van der Waals surface area contributed by atoms with Gasteiger partial charge in [-0.2, -0.15) is 0 Å². The van der Waals surface area contributed by atoms with Gasteiger partial charge in [0.05, 0.1) is 5.41 Å². The number of anilines is 1. The maximum Gasteiger partial charge on any atom is 0.411 e. The SMILES string of the molecule is CC(C)(CNC(=O)c1ccc(NC(=O)OCC2c3ccccc3-c3ccccc32)cc1)C(=O)O. The minimum absolute atomic E-state index is 0.000911. The molecule has 3 aromatic carbocycles. The molecule has 0 aliphatic heterocycles. The third kappa shape index (κ3) is 4.78. The molecule has 1 aliphatic rings. The highest BCUT2D eigenvalue weighted by atomic mass is 16.5. The van der Waals surface area contributed by atoms with Gasteiger partial charge in [0.25, 0.3) is 5.91 Å². The molecule has 2 amide bonds. The molecule has 0 bridgehead atoms. The molecule has 0 unspecified atom stereocenters. The van der Waals surface area contributed by atoms with Crippen LogP contribution >= 0.6 is 0 Å². The maximum absolute atomic E-state index is 12.4. The van der Waals surface area contributed by atoms with Crippen molar-refractivity contribution in [2.24, 2.45) is 5.41 Å². The van der Waals surface area contributed by atoms with Crippen LogP contribution in [0.4, 0.5) is 10.5 Å². The highest BCUT2D eigenvalue weighted by Crippen LogP contribution is 2.44. The number of carbonyl (C=O) groups excluding carboxylic acids is 2. The number of carbonyl (C=O) groups is 3. The van der Waals surface area contributed by atoms with Gasteiger partial charge in [0.15, 0.2) is 0 Å². The number of nitrogens with one attached hydrogen (secondary N) is 2. The van der Waals surface area contributed by atoms with Crippen LogP contribution in [0.1, 0.15) is 41.3 Å². The van der Waals surface area contributed by atoms with E-state index in [-0.39, 0.29) is 25.0 Å². The first-order chi connectivity index (χ1) is 16.3. The predicted octanol–water partition coefficient (Wildman–Crippen LogP) is 4.89. The number of ether oxygens (including phenoxy) is 1. The lowest BCUT2D eigenvalue weighted by Crippen LogP contribution is -2.38. The van der Waals surface area contributed by atoms with Crippen LogP contribution in [0, 0.1) is 5.41 Å². The molecule has 4 rings (SSSR count). The molecule has 1 aliphatic carbocycles. The van der Waals surface area contributed by atoms with Crippen LogP contribution in [-0.4, -0.2) is 36.2 Å². The van der Waals surface area contributed by atoms with Crippen molar-refractivity contribution >= 4 is 23.7 Å². The first kappa shape index (κ1) is 23.0. The maximum atomic E-state index is 12.4. The third-order valence-electron chi connectivity index (χ3n) is 6.01. The third-order valence-corrected chi connectivity index (χ3v) is 6.01. The summed E-state index contributed by atoms with van der Waals surface area (Å²) < 4.78 is 5.53. The summed E-state index contributed by atoms with van der Waals surface area (Å²) in [4.78, 5) is 35.9. The van der Waals surface area contributed by atoms with E-state index in [0.29, 0.717) is 11.3 Å². The van der Waals surface area contributed by atoms with E-state index < -0.39 is 17.5 Å². The fraction of sp³-hybridized carbons (Fsp3) is 0.222. The van der Waals surface area contributed by atoms with Crippen LogP contribution in [0.25, 0.3) is 11.1 Å². The zero-order valence-corrected chi connectivity index (χ0v) is 19.0. The van der Waals surface area contributed by atoms with Crippen molar-refractivity contribution in [2.75, 3.05) is 18.5 Å². The number of fused-ring (bicyclic) bond motifs is 3. The number of benzene rings is 3. The Morgan fingerprint density at radius 3 is 2.00 bits per heavy atom. The van der Waals surface area contributed by atoms with Crippen molar-refractivity contribution in [1.29, 1.82) is 0 Å². The molecule has 0 saturated carbocycles. The molecule has 0 saturated heterocycles. The normalized spacial score (nSPS) is 12.4. The number of amides is 2. The molecule has 34 heavy (non-hydrogen) atoms. The average Bonchev–Trinajstić information content (AvgIpc) is 3.15. The van der Waals surface area contributed by atoms with Gasteiger partial charge >= 0.3 is 12.1 Å². The average molecular weight is 459 g/mol. The van der Waals surface area contributed by atoms with Gasteiger partial charge in [-0.05, 0) is 60.4 Å². The summed E-state index contributed by atoms with van der Waals surface area (Å²) in [6, 6.07) is 22.6. The van der Waals surface area contributed by atoms with Crippen molar-refractivity contribution in [3.63, 3.8) is 0 Å². The second-order valence-electron chi connectivity index (χ2n) is 8.90. The summed E-state index contributed by atoms with van der Waals surface area (Å²) in [6.45, 7) is 3.29. The van der Waals surface area contributed by atoms with E-state index in [4.69, 9.17) is 9.84 Å². The highest BCUT2D eigenvalue weighted by molar-refractivity contribution is 5.95. The largest absolute Gasteiger partial charge is 0.481 e. The zero-order chi connectivity index (χ0) is 24.3. The number of rotatable bonds is 7. The van der Waals surface area contributed by atoms with E-state index in [9.17, 15) is 14.4 Å². The minimum Gasteiger partial charge on any atom is -0.481 e. The number of hydrogen-bond donors (Lipinski definition) is 3. The Labute approximate surface area is 197 Å². The lowest BCUT2D eigenvalue weighted by Gasteiger charge is -2.19. The Hall–Kier alpha value is -4.13. The Balaban J connectivity index is 1.34. The van der Waals surface area contributed by atoms with Gasteiger partial charge in [-0.3, -0.25) is 14.9 Å². The van der Waals surface area contributed by atoms with Gasteiger partial charge in [0, 0.05) is 23.7 Å². The number of hydrogen-bond acceptors (Lipinski definition) is 4. The highest BCUT2D eigenvalue weighted by Gasteiger charge is 2.29.